The molecule has 0 atom stereocenters. The van der Waals surface area contributed by atoms with Crippen molar-refractivity contribution in [1.82, 2.24) is 9.78 Å². The fourth-order valence-corrected chi connectivity index (χ4v) is 4.90. The third-order valence-electron chi connectivity index (χ3n) is 6.83. The Morgan fingerprint density at radius 2 is 1.35 bits per heavy atom. The molecule has 4 aromatic carbocycles. The molecule has 40 heavy (non-hydrogen) atoms. The standard InChI is InChI=1S/C33H29BN2O3.Pt/c1-22(2)29-14-9-15-30(23(3)4)33(29)24-20-35-36(21-24)26-11-8-13-28(19-26)37-27-12-7-10-25(18-27)34-38-31-16-5-6-17-32(31)39-34;/h5-17,20-23H,1-4H3;/q-2;+2. The summed E-state index contributed by atoms with van der Waals surface area (Å²) in [5, 5.41) is 4.69. The van der Waals surface area contributed by atoms with E-state index in [4.69, 9.17) is 14.0 Å². The summed E-state index contributed by atoms with van der Waals surface area (Å²) in [6.45, 7) is 8.94. The molecule has 1 aliphatic heterocycles. The van der Waals surface area contributed by atoms with Crippen LogP contribution in [0.5, 0.6) is 23.0 Å². The van der Waals surface area contributed by atoms with Crippen molar-refractivity contribution in [3.63, 3.8) is 0 Å². The van der Waals surface area contributed by atoms with E-state index < -0.39 is 7.12 Å². The zero-order valence-electron chi connectivity index (χ0n) is 22.8. The summed E-state index contributed by atoms with van der Waals surface area (Å²) in [4.78, 5) is 0. The third-order valence-corrected chi connectivity index (χ3v) is 6.83. The molecular formula is C33H29BN2O3Pt. The van der Waals surface area contributed by atoms with Crippen LogP contribution in [0.15, 0.2) is 91.3 Å². The number of benzene rings is 4. The van der Waals surface area contributed by atoms with Crippen LogP contribution in [0.4, 0.5) is 0 Å². The molecule has 2 heterocycles. The maximum Gasteiger partial charge on any atom is 2.00 e. The second kappa shape index (κ2) is 11.8. The van der Waals surface area contributed by atoms with Crippen LogP contribution in [-0.4, -0.2) is 16.9 Å². The Labute approximate surface area is 250 Å². The first-order chi connectivity index (χ1) is 19.0. The number of hydrogen-bond donors (Lipinski definition) is 0. The number of nitrogens with zero attached hydrogens (tertiary/aromatic N) is 2. The summed E-state index contributed by atoms with van der Waals surface area (Å²) in [7, 11) is -0.562. The number of hydrogen-bond acceptors (Lipinski definition) is 4. The molecule has 6 rings (SSSR count). The van der Waals surface area contributed by atoms with Crippen molar-refractivity contribution < 1.29 is 35.1 Å². The van der Waals surface area contributed by atoms with Crippen LogP contribution in [-0.2, 0) is 21.1 Å². The van der Waals surface area contributed by atoms with Gasteiger partial charge in [0.25, 0.3) is 0 Å². The maximum atomic E-state index is 6.15. The SMILES string of the molecule is CC(C)c1cccc(C(C)C)c1-c1cnn(-c2[c-]c(Oc3[c-]c(B4Oc5ccccc5O4)ccc3)ccc2)c1.[Pt+2]. The summed E-state index contributed by atoms with van der Waals surface area (Å²) in [5.41, 5.74) is 6.57. The second-order valence-electron chi connectivity index (χ2n) is 10.3. The molecule has 0 bridgehead atoms. The number of rotatable bonds is 7. The quantitative estimate of drug-likeness (QED) is 0.131. The topological polar surface area (TPSA) is 45.5 Å². The molecule has 0 radical (unpaired) electrons. The van der Waals surface area contributed by atoms with E-state index in [1.165, 1.54) is 16.7 Å². The normalized spacial score (nSPS) is 12.1. The minimum Gasteiger partial charge on any atom is -0.521 e. The van der Waals surface area contributed by atoms with Gasteiger partial charge in [-0.15, -0.1) is 30.3 Å². The molecule has 0 amide bonds. The van der Waals surface area contributed by atoms with Crippen LogP contribution in [0.2, 0.25) is 0 Å². The maximum absolute atomic E-state index is 6.15. The fourth-order valence-electron chi connectivity index (χ4n) is 4.90. The van der Waals surface area contributed by atoms with E-state index in [9.17, 15) is 0 Å². The van der Waals surface area contributed by atoms with Gasteiger partial charge in [0.15, 0.2) is 0 Å². The molecule has 0 unspecified atom stereocenters. The molecule has 0 saturated carbocycles. The van der Waals surface area contributed by atoms with E-state index in [0.29, 0.717) is 23.3 Å². The Bertz CT molecular complexity index is 1580. The van der Waals surface area contributed by atoms with Crippen molar-refractivity contribution in [2.75, 3.05) is 0 Å². The summed E-state index contributed by atoms with van der Waals surface area (Å²) < 4.78 is 19.9. The van der Waals surface area contributed by atoms with Crippen LogP contribution >= 0.6 is 0 Å². The van der Waals surface area contributed by atoms with Gasteiger partial charge in [-0.3, -0.25) is 4.68 Å². The van der Waals surface area contributed by atoms with Gasteiger partial charge in [-0.25, -0.2) is 0 Å². The fraction of sp³-hybridized carbons (Fsp3) is 0.182. The van der Waals surface area contributed by atoms with Crippen molar-refractivity contribution in [2.24, 2.45) is 0 Å². The van der Waals surface area contributed by atoms with E-state index in [0.717, 1.165) is 28.2 Å². The first-order valence-electron chi connectivity index (χ1n) is 13.3. The van der Waals surface area contributed by atoms with Gasteiger partial charge in [-0.2, -0.15) is 23.3 Å². The average Bonchev–Trinajstić information content (AvgIpc) is 3.61. The van der Waals surface area contributed by atoms with Crippen molar-refractivity contribution in [1.29, 1.82) is 0 Å². The minimum atomic E-state index is -0.562. The molecular weight excluding hydrogens is 678 g/mol. The number of ether oxygens (including phenoxy) is 1. The van der Waals surface area contributed by atoms with Gasteiger partial charge >= 0.3 is 28.2 Å². The molecule has 0 fully saturated rings. The Morgan fingerprint density at radius 3 is 2.00 bits per heavy atom. The first-order valence-corrected chi connectivity index (χ1v) is 13.3. The van der Waals surface area contributed by atoms with Crippen molar-refractivity contribution in [3.8, 4) is 39.8 Å². The Morgan fingerprint density at radius 1 is 0.750 bits per heavy atom. The summed E-state index contributed by atoms with van der Waals surface area (Å²) >= 11 is 0. The van der Waals surface area contributed by atoms with Gasteiger partial charge in [0, 0.05) is 23.3 Å². The van der Waals surface area contributed by atoms with Gasteiger partial charge in [0.05, 0.1) is 6.20 Å². The van der Waals surface area contributed by atoms with E-state index in [2.05, 4.69) is 69.3 Å². The summed E-state index contributed by atoms with van der Waals surface area (Å²) in [6.07, 6.45) is 4.01. The Kier molecular flexibility index (Phi) is 8.18. The van der Waals surface area contributed by atoms with Crippen LogP contribution in [0, 0.1) is 12.1 Å². The molecule has 202 valence electrons. The third kappa shape index (κ3) is 5.59. The molecule has 0 aliphatic carbocycles. The molecule has 0 N–H and O–H groups in total. The summed E-state index contributed by atoms with van der Waals surface area (Å²) in [6, 6.07) is 32.3. The second-order valence-corrected chi connectivity index (χ2v) is 10.3. The zero-order valence-corrected chi connectivity index (χ0v) is 25.1. The van der Waals surface area contributed by atoms with Crippen LogP contribution in [0.1, 0.15) is 50.7 Å². The smallest absolute Gasteiger partial charge is 0.521 e. The Hall–Kier alpha value is -3.76. The number of aromatic nitrogens is 2. The van der Waals surface area contributed by atoms with Crippen LogP contribution in [0.25, 0.3) is 16.8 Å². The minimum absolute atomic E-state index is 0. The number of para-hydroxylation sites is 2. The summed E-state index contributed by atoms with van der Waals surface area (Å²) in [5.74, 6) is 3.38. The first kappa shape index (κ1) is 27.8. The van der Waals surface area contributed by atoms with E-state index in [-0.39, 0.29) is 21.1 Å². The average molecular weight is 707 g/mol. The predicted molar refractivity (Wildman–Crippen MR) is 154 cm³/mol. The van der Waals surface area contributed by atoms with E-state index in [1.807, 2.05) is 71.5 Å². The molecule has 0 saturated heterocycles. The van der Waals surface area contributed by atoms with E-state index in [1.54, 1.807) is 0 Å². The Balaban J connectivity index is 0.00000323. The van der Waals surface area contributed by atoms with Gasteiger partial charge in [0.2, 0.25) is 0 Å². The molecule has 7 heteroatoms. The number of fused-ring (bicyclic) bond motifs is 1. The monoisotopic (exact) mass is 707 g/mol. The zero-order chi connectivity index (χ0) is 26.9. The van der Waals surface area contributed by atoms with Crippen molar-refractivity contribution in [3.05, 3.63) is 115 Å². The molecule has 0 spiro atoms. The largest absolute Gasteiger partial charge is 2.00 e. The van der Waals surface area contributed by atoms with Crippen molar-refractivity contribution in [2.45, 2.75) is 39.5 Å². The van der Waals surface area contributed by atoms with Crippen molar-refractivity contribution >= 4 is 12.6 Å². The van der Waals surface area contributed by atoms with Gasteiger partial charge in [-0.05, 0) is 46.3 Å². The van der Waals surface area contributed by atoms with Gasteiger partial charge < -0.3 is 14.0 Å². The molecule has 5 aromatic rings. The van der Waals surface area contributed by atoms with Gasteiger partial charge in [0.1, 0.15) is 11.5 Å². The van der Waals surface area contributed by atoms with Gasteiger partial charge in [-0.1, -0.05) is 63.5 Å². The van der Waals surface area contributed by atoms with Crippen LogP contribution in [0.3, 0.4) is 0 Å². The predicted octanol–water partition coefficient (Wildman–Crippen LogP) is 7.34. The molecule has 1 aliphatic rings. The molecule has 1 aromatic heterocycles. The molecule has 5 nitrogen and oxygen atoms in total. The van der Waals surface area contributed by atoms with Crippen LogP contribution < -0.4 is 19.5 Å². The van der Waals surface area contributed by atoms with E-state index >= 15 is 0 Å².